The number of amides is 1. The molecule has 2 aliphatic heterocycles. The van der Waals surface area contributed by atoms with E-state index >= 15 is 0 Å². The molecule has 0 saturated carbocycles. The number of likely N-dealkylation sites (tertiary alicyclic amines) is 1. The molecule has 148 valence electrons. The van der Waals surface area contributed by atoms with Crippen LogP contribution in [0, 0.1) is 11.3 Å². The highest BCUT2D eigenvalue weighted by atomic mass is 16.5. The number of fused-ring (bicyclic) bond motifs is 1. The van der Waals surface area contributed by atoms with E-state index in [2.05, 4.69) is 11.4 Å². The number of carbonyl (C=O) groups is 2. The van der Waals surface area contributed by atoms with E-state index in [4.69, 9.17) is 4.74 Å². The fourth-order valence-electron chi connectivity index (χ4n) is 4.60. The third kappa shape index (κ3) is 2.76. The van der Waals surface area contributed by atoms with Crippen LogP contribution in [0.4, 0.5) is 5.69 Å². The zero-order valence-electron chi connectivity index (χ0n) is 16.0. The lowest BCUT2D eigenvalue weighted by molar-refractivity contribution is -0.149. The lowest BCUT2D eigenvalue weighted by Gasteiger charge is -2.45. The SMILES string of the molecule is COc1ccccc1C1(N2CCCC[C@H]2C(=O)O)C(=O)Nc2ccc(C#N)cc21. The van der Waals surface area contributed by atoms with Gasteiger partial charge in [0.1, 0.15) is 11.8 Å². The van der Waals surface area contributed by atoms with Gasteiger partial charge in [-0.3, -0.25) is 14.5 Å². The molecule has 2 aromatic rings. The van der Waals surface area contributed by atoms with Gasteiger partial charge in [-0.05, 0) is 37.1 Å². The molecule has 4 rings (SSSR count). The zero-order chi connectivity index (χ0) is 20.6. The zero-order valence-corrected chi connectivity index (χ0v) is 16.0. The molecule has 7 heteroatoms. The van der Waals surface area contributed by atoms with E-state index in [9.17, 15) is 20.0 Å². The van der Waals surface area contributed by atoms with E-state index in [1.54, 1.807) is 47.4 Å². The first-order chi connectivity index (χ1) is 14.0. The summed E-state index contributed by atoms with van der Waals surface area (Å²) >= 11 is 0. The molecule has 1 unspecified atom stereocenters. The van der Waals surface area contributed by atoms with E-state index in [0.717, 1.165) is 12.8 Å². The number of hydrogen-bond donors (Lipinski definition) is 2. The van der Waals surface area contributed by atoms with Crippen molar-refractivity contribution in [1.82, 2.24) is 4.90 Å². The number of carbonyl (C=O) groups excluding carboxylic acids is 1. The Morgan fingerprint density at radius 3 is 2.79 bits per heavy atom. The minimum Gasteiger partial charge on any atom is -0.496 e. The van der Waals surface area contributed by atoms with Crippen LogP contribution in [-0.4, -0.2) is 41.6 Å². The van der Waals surface area contributed by atoms with Crippen molar-refractivity contribution in [2.45, 2.75) is 30.8 Å². The van der Waals surface area contributed by atoms with Gasteiger partial charge in [0.25, 0.3) is 5.91 Å². The summed E-state index contributed by atoms with van der Waals surface area (Å²) in [7, 11) is 1.52. The van der Waals surface area contributed by atoms with E-state index in [-0.39, 0.29) is 5.91 Å². The Labute approximate surface area is 168 Å². The standard InChI is InChI=1S/C22H21N3O4/c1-29-19-8-3-2-6-15(19)22(25-11-5-4-7-18(25)20(26)27)16-12-14(13-23)9-10-17(16)24-21(22)28/h2-3,6,8-10,12,18H,4-5,7,11H2,1H3,(H,24,28)(H,26,27)/t18-,22?/m0/s1. The molecule has 7 nitrogen and oxygen atoms in total. The topological polar surface area (TPSA) is 103 Å². The summed E-state index contributed by atoms with van der Waals surface area (Å²) in [6, 6.07) is 13.5. The summed E-state index contributed by atoms with van der Waals surface area (Å²) in [5.74, 6) is -0.801. The lowest BCUT2D eigenvalue weighted by Crippen LogP contribution is -2.59. The molecular formula is C22H21N3O4. The molecule has 0 bridgehead atoms. The fraction of sp³-hybridized carbons (Fsp3) is 0.318. The van der Waals surface area contributed by atoms with Crippen molar-refractivity contribution in [1.29, 1.82) is 5.26 Å². The van der Waals surface area contributed by atoms with Crippen molar-refractivity contribution in [3.63, 3.8) is 0 Å². The summed E-state index contributed by atoms with van der Waals surface area (Å²) in [6.07, 6.45) is 2.01. The van der Waals surface area contributed by atoms with Crippen LogP contribution < -0.4 is 10.1 Å². The molecule has 29 heavy (non-hydrogen) atoms. The molecule has 0 aliphatic carbocycles. The molecule has 2 atom stereocenters. The van der Waals surface area contributed by atoms with Crippen LogP contribution in [0.3, 0.4) is 0 Å². The Kier molecular flexibility index (Phi) is 4.73. The number of rotatable bonds is 4. The minimum absolute atomic E-state index is 0.333. The Morgan fingerprint density at radius 1 is 1.28 bits per heavy atom. The summed E-state index contributed by atoms with van der Waals surface area (Å²) < 4.78 is 5.57. The highest BCUT2D eigenvalue weighted by Crippen LogP contribution is 2.50. The number of nitriles is 1. The Bertz CT molecular complexity index is 1030. The number of piperidine rings is 1. The maximum Gasteiger partial charge on any atom is 0.320 e. The van der Waals surface area contributed by atoms with Gasteiger partial charge in [0, 0.05) is 23.4 Å². The number of benzene rings is 2. The van der Waals surface area contributed by atoms with Crippen LogP contribution in [0.5, 0.6) is 5.75 Å². The van der Waals surface area contributed by atoms with E-state index < -0.39 is 17.6 Å². The molecular weight excluding hydrogens is 370 g/mol. The van der Waals surface area contributed by atoms with Crippen LogP contribution in [0.15, 0.2) is 42.5 Å². The number of carboxylic acid groups (broad SMARTS) is 1. The Hall–Kier alpha value is -3.37. The number of anilines is 1. The van der Waals surface area contributed by atoms with Crippen molar-refractivity contribution in [3.8, 4) is 11.8 Å². The number of ether oxygens (including phenoxy) is 1. The first-order valence-corrected chi connectivity index (χ1v) is 9.53. The fourth-order valence-corrected chi connectivity index (χ4v) is 4.60. The van der Waals surface area contributed by atoms with Gasteiger partial charge in [-0.2, -0.15) is 5.26 Å². The van der Waals surface area contributed by atoms with Crippen molar-refractivity contribution in [2.75, 3.05) is 19.0 Å². The molecule has 0 spiro atoms. The van der Waals surface area contributed by atoms with E-state index in [1.165, 1.54) is 7.11 Å². The predicted molar refractivity (Wildman–Crippen MR) is 106 cm³/mol. The molecule has 0 aromatic heterocycles. The smallest absolute Gasteiger partial charge is 0.320 e. The number of nitrogens with zero attached hydrogens (tertiary/aromatic N) is 2. The third-order valence-electron chi connectivity index (χ3n) is 5.83. The van der Waals surface area contributed by atoms with Crippen LogP contribution in [0.2, 0.25) is 0 Å². The quantitative estimate of drug-likeness (QED) is 0.831. The second-order valence-corrected chi connectivity index (χ2v) is 7.28. The molecule has 2 aliphatic rings. The van der Waals surface area contributed by atoms with Crippen LogP contribution >= 0.6 is 0 Å². The van der Waals surface area contributed by atoms with Crippen LogP contribution in [0.1, 0.15) is 36.0 Å². The van der Waals surface area contributed by atoms with E-state index in [1.807, 2.05) is 0 Å². The predicted octanol–water partition coefficient (Wildman–Crippen LogP) is 2.70. The van der Waals surface area contributed by atoms with Crippen molar-refractivity contribution >= 4 is 17.6 Å². The maximum atomic E-state index is 13.6. The van der Waals surface area contributed by atoms with Gasteiger partial charge >= 0.3 is 5.97 Å². The Morgan fingerprint density at radius 2 is 2.07 bits per heavy atom. The van der Waals surface area contributed by atoms with Gasteiger partial charge in [0.2, 0.25) is 0 Å². The molecule has 2 N–H and O–H groups in total. The van der Waals surface area contributed by atoms with Crippen LogP contribution in [0.25, 0.3) is 0 Å². The second kappa shape index (κ2) is 7.22. The average molecular weight is 391 g/mol. The van der Waals surface area contributed by atoms with Crippen molar-refractivity contribution in [2.24, 2.45) is 0 Å². The number of nitrogens with one attached hydrogen (secondary N) is 1. The van der Waals surface area contributed by atoms with Gasteiger partial charge < -0.3 is 15.2 Å². The normalized spacial score (nSPS) is 23.7. The number of aliphatic carboxylic acids is 1. The minimum atomic E-state index is -1.39. The van der Waals surface area contributed by atoms with Gasteiger partial charge in [-0.25, -0.2) is 0 Å². The largest absolute Gasteiger partial charge is 0.496 e. The molecule has 1 fully saturated rings. The average Bonchev–Trinajstić information content (AvgIpc) is 3.05. The first-order valence-electron chi connectivity index (χ1n) is 9.53. The molecule has 2 heterocycles. The third-order valence-corrected chi connectivity index (χ3v) is 5.83. The number of methoxy groups -OCH3 is 1. The van der Waals surface area contributed by atoms with Gasteiger partial charge in [0.15, 0.2) is 5.54 Å². The van der Waals surface area contributed by atoms with Gasteiger partial charge in [-0.15, -0.1) is 0 Å². The van der Waals surface area contributed by atoms with Crippen molar-refractivity contribution < 1.29 is 19.4 Å². The molecule has 2 aromatic carbocycles. The molecule has 0 radical (unpaired) electrons. The van der Waals surface area contributed by atoms with Gasteiger partial charge in [-0.1, -0.05) is 24.6 Å². The van der Waals surface area contributed by atoms with Crippen molar-refractivity contribution in [3.05, 3.63) is 59.2 Å². The number of hydrogen-bond acceptors (Lipinski definition) is 5. The highest BCUT2D eigenvalue weighted by molar-refractivity contribution is 6.09. The lowest BCUT2D eigenvalue weighted by atomic mass is 9.78. The monoisotopic (exact) mass is 391 g/mol. The molecule has 1 saturated heterocycles. The van der Waals surface area contributed by atoms with E-state index in [0.29, 0.717) is 41.1 Å². The summed E-state index contributed by atoms with van der Waals surface area (Å²) in [6.45, 7) is 0.443. The van der Waals surface area contributed by atoms with Gasteiger partial charge in [0.05, 0.1) is 18.7 Å². The summed E-state index contributed by atoms with van der Waals surface area (Å²) in [4.78, 5) is 27.5. The molecule has 1 amide bonds. The first kappa shape index (κ1) is 19.0. The van der Waals surface area contributed by atoms with Crippen LogP contribution in [-0.2, 0) is 15.1 Å². The summed E-state index contributed by atoms with van der Waals surface area (Å²) in [5, 5.41) is 22.3. The summed E-state index contributed by atoms with van der Waals surface area (Å²) in [5.41, 5.74) is 0.748. The number of para-hydroxylation sites is 1. The maximum absolute atomic E-state index is 13.6. The second-order valence-electron chi connectivity index (χ2n) is 7.28. The Balaban J connectivity index is 2.06. The highest BCUT2D eigenvalue weighted by Gasteiger charge is 2.57. The number of carboxylic acids is 1.